The molecule has 1 aliphatic heterocycles. The van der Waals surface area contributed by atoms with Crippen molar-refractivity contribution in [1.29, 1.82) is 0 Å². The Bertz CT molecular complexity index is 363. The molecule has 0 amide bonds. The quantitative estimate of drug-likeness (QED) is 0.601. The molecule has 1 aromatic heterocycles. The highest BCUT2D eigenvalue weighted by molar-refractivity contribution is 5.16. The van der Waals surface area contributed by atoms with Gasteiger partial charge in [0.05, 0.1) is 11.6 Å². The van der Waals surface area contributed by atoms with E-state index in [1.165, 1.54) is 5.56 Å². The molecule has 2 heterocycles. The number of aliphatic hydroxyl groups is 1. The standard InChI is InChI=1S/C13H22N4O/c1-13(2,18)9-15-7-11-8-16-17-12(11)10-4-3-5-14-6-10/h3-6,11-12,15-18H,7-9H2,1-2H3. The predicted molar refractivity (Wildman–Crippen MR) is 70.8 cm³/mol. The summed E-state index contributed by atoms with van der Waals surface area (Å²) in [7, 11) is 0. The molecule has 2 unspecified atom stereocenters. The highest BCUT2D eigenvalue weighted by Gasteiger charge is 2.28. The zero-order valence-electron chi connectivity index (χ0n) is 11.0. The van der Waals surface area contributed by atoms with E-state index >= 15 is 0 Å². The number of nitrogens with zero attached hydrogens (tertiary/aromatic N) is 1. The van der Waals surface area contributed by atoms with Crippen LogP contribution >= 0.6 is 0 Å². The van der Waals surface area contributed by atoms with Crippen LogP contribution in [0.1, 0.15) is 25.5 Å². The van der Waals surface area contributed by atoms with Crippen molar-refractivity contribution in [2.24, 2.45) is 5.92 Å². The minimum atomic E-state index is -0.663. The van der Waals surface area contributed by atoms with E-state index in [4.69, 9.17) is 0 Å². The number of aromatic nitrogens is 1. The average Bonchev–Trinajstić information content (AvgIpc) is 2.77. The molecule has 1 aromatic rings. The van der Waals surface area contributed by atoms with Crippen LogP contribution in [-0.4, -0.2) is 35.3 Å². The molecule has 1 fully saturated rings. The van der Waals surface area contributed by atoms with Gasteiger partial charge in [0.15, 0.2) is 0 Å². The highest BCUT2D eigenvalue weighted by Crippen LogP contribution is 2.23. The smallest absolute Gasteiger partial charge is 0.0715 e. The van der Waals surface area contributed by atoms with E-state index < -0.39 is 5.60 Å². The van der Waals surface area contributed by atoms with Gasteiger partial charge in [-0.3, -0.25) is 10.4 Å². The molecule has 4 N–H and O–H groups in total. The number of hydrogen-bond donors (Lipinski definition) is 4. The third-order valence-corrected chi connectivity index (χ3v) is 3.10. The molecule has 0 radical (unpaired) electrons. The Morgan fingerprint density at radius 3 is 3.06 bits per heavy atom. The van der Waals surface area contributed by atoms with Crippen LogP contribution in [0.4, 0.5) is 0 Å². The summed E-state index contributed by atoms with van der Waals surface area (Å²) in [6.07, 6.45) is 3.68. The first kappa shape index (κ1) is 13.4. The Hall–Kier alpha value is -1.01. The number of hydrazine groups is 1. The Morgan fingerprint density at radius 1 is 1.56 bits per heavy atom. The second-order valence-electron chi connectivity index (χ2n) is 5.49. The summed E-state index contributed by atoms with van der Waals surface area (Å²) in [6.45, 7) is 6.00. The number of nitrogens with one attached hydrogen (secondary N) is 3. The summed E-state index contributed by atoms with van der Waals surface area (Å²) in [5, 5.41) is 13.0. The van der Waals surface area contributed by atoms with Crippen LogP contribution in [0.2, 0.25) is 0 Å². The van der Waals surface area contributed by atoms with Crippen molar-refractivity contribution in [2.45, 2.75) is 25.5 Å². The van der Waals surface area contributed by atoms with Crippen molar-refractivity contribution in [1.82, 2.24) is 21.2 Å². The number of rotatable bonds is 5. The van der Waals surface area contributed by atoms with Crippen molar-refractivity contribution >= 4 is 0 Å². The zero-order valence-corrected chi connectivity index (χ0v) is 11.0. The van der Waals surface area contributed by atoms with Gasteiger partial charge in [0.2, 0.25) is 0 Å². The van der Waals surface area contributed by atoms with Crippen LogP contribution in [0.3, 0.4) is 0 Å². The van der Waals surface area contributed by atoms with Gasteiger partial charge in [-0.2, -0.15) is 0 Å². The molecule has 5 nitrogen and oxygen atoms in total. The third kappa shape index (κ3) is 3.74. The summed E-state index contributed by atoms with van der Waals surface area (Å²) in [6, 6.07) is 4.31. The van der Waals surface area contributed by atoms with E-state index in [1.54, 1.807) is 6.20 Å². The monoisotopic (exact) mass is 250 g/mol. The summed E-state index contributed by atoms with van der Waals surface area (Å²) in [5.41, 5.74) is 7.00. The third-order valence-electron chi connectivity index (χ3n) is 3.10. The summed E-state index contributed by atoms with van der Waals surface area (Å²) < 4.78 is 0. The van der Waals surface area contributed by atoms with Crippen molar-refractivity contribution < 1.29 is 5.11 Å². The molecule has 1 saturated heterocycles. The fourth-order valence-electron chi connectivity index (χ4n) is 2.20. The lowest BCUT2D eigenvalue weighted by Crippen LogP contribution is -2.38. The first-order chi connectivity index (χ1) is 8.56. The Morgan fingerprint density at radius 2 is 2.39 bits per heavy atom. The van der Waals surface area contributed by atoms with E-state index in [9.17, 15) is 5.11 Å². The maximum Gasteiger partial charge on any atom is 0.0715 e. The molecular formula is C13H22N4O. The molecule has 2 atom stereocenters. The fraction of sp³-hybridized carbons (Fsp3) is 0.615. The van der Waals surface area contributed by atoms with Gasteiger partial charge in [0.25, 0.3) is 0 Å². The predicted octanol–water partition coefficient (Wildman–Crippen LogP) is 0.207. The second kappa shape index (κ2) is 5.75. The maximum absolute atomic E-state index is 9.67. The SMILES string of the molecule is CC(C)(O)CNCC1CNNC1c1cccnc1. The van der Waals surface area contributed by atoms with E-state index in [0.29, 0.717) is 12.5 Å². The van der Waals surface area contributed by atoms with Gasteiger partial charge in [-0.15, -0.1) is 0 Å². The van der Waals surface area contributed by atoms with Crippen molar-refractivity contribution in [3.63, 3.8) is 0 Å². The molecule has 5 heteroatoms. The van der Waals surface area contributed by atoms with Gasteiger partial charge in [0, 0.05) is 37.9 Å². The Labute approximate surface area is 108 Å². The molecule has 2 rings (SSSR count). The van der Waals surface area contributed by atoms with Crippen molar-refractivity contribution in [3.8, 4) is 0 Å². The topological polar surface area (TPSA) is 69.2 Å². The van der Waals surface area contributed by atoms with Crippen LogP contribution in [0.5, 0.6) is 0 Å². The summed E-state index contributed by atoms with van der Waals surface area (Å²) >= 11 is 0. The largest absolute Gasteiger partial charge is 0.389 e. The van der Waals surface area contributed by atoms with Crippen molar-refractivity contribution in [2.75, 3.05) is 19.6 Å². The molecule has 100 valence electrons. The average molecular weight is 250 g/mol. The fourth-order valence-corrected chi connectivity index (χ4v) is 2.20. The minimum absolute atomic E-state index is 0.271. The van der Waals surface area contributed by atoms with E-state index in [0.717, 1.165) is 13.1 Å². The minimum Gasteiger partial charge on any atom is -0.389 e. The molecule has 0 aliphatic carbocycles. The Kier molecular flexibility index (Phi) is 4.29. The Balaban J connectivity index is 1.88. The molecule has 0 saturated carbocycles. The zero-order chi connectivity index (χ0) is 13.0. The van der Waals surface area contributed by atoms with Crippen LogP contribution in [0, 0.1) is 5.92 Å². The molecular weight excluding hydrogens is 228 g/mol. The van der Waals surface area contributed by atoms with Crippen LogP contribution in [-0.2, 0) is 0 Å². The van der Waals surface area contributed by atoms with Gasteiger partial charge in [0.1, 0.15) is 0 Å². The van der Waals surface area contributed by atoms with Gasteiger partial charge >= 0.3 is 0 Å². The molecule has 0 aromatic carbocycles. The van der Waals surface area contributed by atoms with Crippen LogP contribution in [0.15, 0.2) is 24.5 Å². The number of hydrogen-bond acceptors (Lipinski definition) is 5. The van der Waals surface area contributed by atoms with E-state index in [-0.39, 0.29) is 6.04 Å². The summed E-state index contributed by atoms with van der Waals surface area (Å²) in [4.78, 5) is 4.16. The first-order valence-electron chi connectivity index (χ1n) is 6.38. The highest BCUT2D eigenvalue weighted by atomic mass is 16.3. The normalized spacial score (nSPS) is 24.4. The van der Waals surface area contributed by atoms with Gasteiger partial charge in [-0.05, 0) is 25.5 Å². The van der Waals surface area contributed by atoms with E-state index in [1.807, 2.05) is 26.1 Å². The second-order valence-corrected chi connectivity index (χ2v) is 5.49. The molecule has 18 heavy (non-hydrogen) atoms. The van der Waals surface area contributed by atoms with Gasteiger partial charge in [-0.1, -0.05) is 6.07 Å². The number of pyridine rings is 1. The van der Waals surface area contributed by atoms with E-state index in [2.05, 4.69) is 27.2 Å². The van der Waals surface area contributed by atoms with Gasteiger partial charge < -0.3 is 10.4 Å². The molecule has 0 bridgehead atoms. The summed E-state index contributed by atoms with van der Waals surface area (Å²) in [5.74, 6) is 0.455. The lowest BCUT2D eigenvalue weighted by atomic mass is 9.96. The lowest BCUT2D eigenvalue weighted by molar-refractivity contribution is 0.0787. The molecule has 0 spiro atoms. The molecule has 1 aliphatic rings. The first-order valence-corrected chi connectivity index (χ1v) is 6.38. The van der Waals surface area contributed by atoms with Crippen molar-refractivity contribution in [3.05, 3.63) is 30.1 Å². The maximum atomic E-state index is 9.67. The van der Waals surface area contributed by atoms with Crippen LogP contribution in [0.25, 0.3) is 0 Å². The van der Waals surface area contributed by atoms with Gasteiger partial charge in [-0.25, -0.2) is 5.43 Å². The van der Waals surface area contributed by atoms with Crippen LogP contribution < -0.4 is 16.2 Å². The lowest BCUT2D eigenvalue weighted by Gasteiger charge is -2.22.